The molecule has 1 N–H and O–H groups in total. The molecule has 0 spiro atoms. The Kier molecular flexibility index (Phi) is 4.94. The molecule has 122 valence electrons. The summed E-state index contributed by atoms with van der Waals surface area (Å²) in [4.78, 5) is 19.2. The van der Waals surface area contributed by atoms with Crippen molar-refractivity contribution in [1.29, 1.82) is 0 Å². The number of methoxy groups -OCH3 is 1. The second-order valence-electron chi connectivity index (χ2n) is 4.96. The summed E-state index contributed by atoms with van der Waals surface area (Å²) in [5, 5.41) is 1.22. The van der Waals surface area contributed by atoms with Gasteiger partial charge in [-0.15, -0.1) is 0 Å². The van der Waals surface area contributed by atoms with E-state index in [1.165, 1.54) is 0 Å². The van der Waals surface area contributed by atoms with Crippen molar-refractivity contribution in [3.8, 4) is 5.75 Å². The van der Waals surface area contributed by atoms with E-state index < -0.39 is 0 Å². The van der Waals surface area contributed by atoms with Gasteiger partial charge in [0.05, 0.1) is 27.5 Å². The highest BCUT2D eigenvalue weighted by atomic mass is 79.9. The number of nitrogens with one attached hydrogen (secondary N) is 1. The highest BCUT2D eigenvalue weighted by Gasteiger charge is 2.08. The van der Waals surface area contributed by atoms with E-state index in [9.17, 15) is 4.79 Å². The van der Waals surface area contributed by atoms with E-state index in [0.717, 1.165) is 15.8 Å². The van der Waals surface area contributed by atoms with Gasteiger partial charge in [-0.1, -0.05) is 29.3 Å². The quantitative estimate of drug-likeness (QED) is 0.636. The van der Waals surface area contributed by atoms with Gasteiger partial charge in [-0.2, -0.15) is 0 Å². The number of hydrogen-bond donors (Lipinski definition) is 1. The summed E-state index contributed by atoms with van der Waals surface area (Å²) in [6.07, 6.45) is 1.71. The maximum Gasteiger partial charge on any atom is 0.259 e. The van der Waals surface area contributed by atoms with Crippen molar-refractivity contribution in [2.75, 3.05) is 7.11 Å². The minimum atomic E-state index is -0.292. The van der Waals surface area contributed by atoms with Gasteiger partial charge in [-0.3, -0.25) is 4.79 Å². The summed E-state index contributed by atoms with van der Waals surface area (Å²) < 4.78 is 6.00. The van der Waals surface area contributed by atoms with Crippen LogP contribution in [0.1, 0.15) is 11.4 Å². The zero-order valence-corrected chi connectivity index (χ0v) is 15.5. The molecule has 0 radical (unpaired) electrons. The molecule has 0 aliphatic heterocycles. The number of halogens is 3. The molecule has 0 aliphatic rings. The van der Waals surface area contributed by atoms with E-state index in [1.807, 2.05) is 18.2 Å². The number of ether oxygens (including phenoxy) is 1. The van der Waals surface area contributed by atoms with E-state index >= 15 is 0 Å². The third kappa shape index (κ3) is 3.48. The van der Waals surface area contributed by atoms with Crippen LogP contribution in [0.25, 0.3) is 22.0 Å². The fourth-order valence-electron chi connectivity index (χ4n) is 2.21. The lowest BCUT2D eigenvalue weighted by atomic mass is 10.2. The summed E-state index contributed by atoms with van der Waals surface area (Å²) in [6.45, 7) is 0. The molecule has 0 saturated carbocycles. The van der Waals surface area contributed by atoms with Crippen LogP contribution in [0.4, 0.5) is 0 Å². The van der Waals surface area contributed by atoms with E-state index in [0.29, 0.717) is 26.8 Å². The number of hydrogen-bond acceptors (Lipinski definition) is 3. The lowest BCUT2D eigenvalue weighted by Crippen LogP contribution is -2.10. The molecule has 0 atom stereocenters. The van der Waals surface area contributed by atoms with Gasteiger partial charge in [0.1, 0.15) is 5.75 Å². The molecule has 2 aromatic carbocycles. The average Bonchev–Trinajstić information content (AvgIpc) is 2.55. The van der Waals surface area contributed by atoms with Gasteiger partial charge in [0.2, 0.25) is 0 Å². The van der Waals surface area contributed by atoms with Crippen molar-refractivity contribution in [3.05, 3.63) is 67.6 Å². The number of H-pyrrole nitrogens is 1. The third-order valence-electron chi connectivity index (χ3n) is 3.36. The van der Waals surface area contributed by atoms with Gasteiger partial charge in [0, 0.05) is 5.02 Å². The van der Waals surface area contributed by atoms with Gasteiger partial charge in [-0.25, -0.2) is 4.98 Å². The summed E-state index contributed by atoms with van der Waals surface area (Å²) in [5.74, 6) is 1.01. The van der Waals surface area contributed by atoms with Crippen LogP contribution in [-0.4, -0.2) is 17.1 Å². The second kappa shape index (κ2) is 6.97. The van der Waals surface area contributed by atoms with Gasteiger partial charge in [-0.05, 0) is 57.9 Å². The molecule has 0 saturated heterocycles. The molecule has 7 heteroatoms. The van der Waals surface area contributed by atoms with Gasteiger partial charge in [0.15, 0.2) is 5.82 Å². The highest BCUT2D eigenvalue weighted by molar-refractivity contribution is 9.10. The summed E-state index contributed by atoms with van der Waals surface area (Å²) in [6, 6.07) is 10.5. The lowest BCUT2D eigenvalue weighted by Gasteiger charge is -2.05. The summed E-state index contributed by atoms with van der Waals surface area (Å²) in [5.41, 5.74) is 1.08. The zero-order valence-electron chi connectivity index (χ0n) is 12.4. The average molecular weight is 426 g/mol. The van der Waals surface area contributed by atoms with Crippen LogP contribution in [0, 0.1) is 0 Å². The molecule has 3 rings (SSSR count). The number of aromatic amines is 1. The van der Waals surface area contributed by atoms with Crippen LogP contribution < -0.4 is 10.3 Å². The van der Waals surface area contributed by atoms with Crippen LogP contribution in [0.2, 0.25) is 5.02 Å². The van der Waals surface area contributed by atoms with Crippen molar-refractivity contribution in [1.82, 2.24) is 9.97 Å². The van der Waals surface area contributed by atoms with Crippen molar-refractivity contribution in [3.63, 3.8) is 0 Å². The number of benzene rings is 2. The zero-order chi connectivity index (χ0) is 17.3. The predicted octanol–water partition coefficient (Wildman–Crippen LogP) is 5.08. The maximum absolute atomic E-state index is 12.2. The topological polar surface area (TPSA) is 55.0 Å². The first-order valence-corrected chi connectivity index (χ1v) is 8.43. The Morgan fingerprint density at radius 2 is 2.08 bits per heavy atom. The van der Waals surface area contributed by atoms with Gasteiger partial charge >= 0.3 is 0 Å². The Hall–Kier alpha value is -1.82. The molecule has 0 bridgehead atoms. The minimum absolute atomic E-state index is 0.292. The first-order chi connectivity index (χ1) is 11.5. The second-order valence-corrected chi connectivity index (χ2v) is 6.66. The Labute approximate surface area is 156 Å². The number of aromatic nitrogens is 2. The molecule has 0 amide bonds. The summed E-state index contributed by atoms with van der Waals surface area (Å²) >= 11 is 15.7. The Bertz CT molecular complexity index is 1020. The van der Waals surface area contributed by atoms with Crippen LogP contribution in [0.15, 0.2) is 45.7 Å². The predicted molar refractivity (Wildman–Crippen MR) is 102 cm³/mol. The van der Waals surface area contributed by atoms with E-state index in [1.54, 1.807) is 31.4 Å². The van der Waals surface area contributed by atoms with Gasteiger partial charge in [0.25, 0.3) is 5.56 Å². The van der Waals surface area contributed by atoms with Crippen LogP contribution >= 0.6 is 39.1 Å². The molecule has 3 aromatic rings. The Balaban J connectivity index is 2.04. The van der Waals surface area contributed by atoms with E-state index in [2.05, 4.69) is 25.9 Å². The molecule has 0 unspecified atom stereocenters. The van der Waals surface area contributed by atoms with Crippen molar-refractivity contribution in [2.45, 2.75) is 0 Å². The monoisotopic (exact) mass is 424 g/mol. The third-order valence-corrected chi connectivity index (χ3v) is 4.51. The standard InChI is InChI=1S/C17H11BrCl2N2O2/c1-24-15-5-2-9(6-12(15)18)7-13(20)16-21-14-4-3-10(19)8-11(14)17(23)22-16/h2-8H,1H3,(H,21,22,23)/b13-7-. The first kappa shape index (κ1) is 17.0. The fourth-order valence-corrected chi connectivity index (χ4v) is 3.16. The molecule has 1 aromatic heterocycles. The Morgan fingerprint density at radius 1 is 1.29 bits per heavy atom. The first-order valence-electron chi connectivity index (χ1n) is 6.88. The highest BCUT2D eigenvalue weighted by Crippen LogP contribution is 2.28. The molecule has 0 aliphatic carbocycles. The molecular formula is C17H11BrCl2N2O2. The smallest absolute Gasteiger partial charge is 0.259 e. The lowest BCUT2D eigenvalue weighted by molar-refractivity contribution is 0.412. The van der Waals surface area contributed by atoms with Gasteiger partial charge < -0.3 is 9.72 Å². The molecule has 0 fully saturated rings. The molecule has 4 nitrogen and oxygen atoms in total. The van der Waals surface area contributed by atoms with Crippen LogP contribution in [0.3, 0.4) is 0 Å². The number of nitrogens with zero attached hydrogens (tertiary/aromatic N) is 1. The largest absolute Gasteiger partial charge is 0.496 e. The normalized spacial score (nSPS) is 11.8. The van der Waals surface area contributed by atoms with E-state index in [4.69, 9.17) is 27.9 Å². The number of rotatable bonds is 3. The SMILES string of the molecule is COc1ccc(/C=C(\Cl)c2nc3ccc(Cl)cc3c(=O)[nH]2)cc1Br. The summed E-state index contributed by atoms with van der Waals surface area (Å²) in [7, 11) is 1.60. The van der Waals surface area contributed by atoms with Crippen LogP contribution in [-0.2, 0) is 0 Å². The van der Waals surface area contributed by atoms with Crippen molar-refractivity contribution >= 4 is 61.1 Å². The minimum Gasteiger partial charge on any atom is -0.496 e. The van der Waals surface area contributed by atoms with Crippen LogP contribution in [0.5, 0.6) is 5.75 Å². The fraction of sp³-hybridized carbons (Fsp3) is 0.0588. The molecule has 24 heavy (non-hydrogen) atoms. The van der Waals surface area contributed by atoms with Crippen molar-refractivity contribution in [2.24, 2.45) is 0 Å². The van der Waals surface area contributed by atoms with Crippen molar-refractivity contribution < 1.29 is 4.74 Å². The molecule has 1 heterocycles. The number of fused-ring (bicyclic) bond motifs is 1. The maximum atomic E-state index is 12.2. The molecular weight excluding hydrogens is 415 g/mol. The van der Waals surface area contributed by atoms with E-state index in [-0.39, 0.29) is 5.56 Å². The Morgan fingerprint density at radius 3 is 2.79 bits per heavy atom.